The summed E-state index contributed by atoms with van der Waals surface area (Å²) in [5.74, 6) is 1.89. The van der Waals surface area contributed by atoms with E-state index in [1.165, 1.54) is 5.56 Å². The standard InChI is InChI=1S/C29H34N6O/c1-21-25-26(33-16-11-17-34(19-18-33)28(36)29(2,3)4)30-24(20-22-12-7-5-8-13-22)31-27(25)35(32-21)23-14-9-6-10-15-23/h5-10,12-15H,11,16-20H2,1-4H3. The molecule has 36 heavy (non-hydrogen) atoms. The minimum atomic E-state index is -0.381. The molecule has 1 amide bonds. The molecule has 7 nitrogen and oxygen atoms in total. The number of hydrogen-bond acceptors (Lipinski definition) is 5. The number of fused-ring (bicyclic) bond motifs is 1. The Kier molecular flexibility index (Phi) is 6.48. The van der Waals surface area contributed by atoms with Crippen LogP contribution < -0.4 is 4.90 Å². The normalized spacial score (nSPS) is 14.8. The smallest absolute Gasteiger partial charge is 0.228 e. The molecule has 0 N–H and O–H groups in total. The Morgan fingerprint density at radius 2 is 1.58 bits per heavy atom. The Bertz CT molecular complexity index is 1360. The van der Waals surface area contributed by atoms with Crippen LogP contribution in [0.4, 0.5) is 5.82 Å². The summed E-state index contributed by atoms with van der Waals surface area (Å²) >= 11 is 0. The van der Waals surface area contributed by atoms with Gasteiger partial charge in [-0.15, -0.1) is 0 Å². The van der Waals surface area contributed by atoms with Crippen molar-refractivity contribution in [2.75, 3.05) is 31.1 Å². The van der Waals surface area contributed by atoms with Crippen molar-refractivity contribution < 1.29 is 4.79 Å². The van der Waals surface area contributed by atoms with Gasteiger partial charge in [0.1, 0.15) is 11.6 Å². The van der Waals surface area contributed by atoms with Gasteiger partial charge in [-0.25, -0.2) is 14.6 Å². The van der Waals surface area contributed by atoms with E-state index in [0.717, 1.165) is 60.1 Å². The Labute approximate surface area is 212 Å². The van der Waals surface area contributed by atoms with Crippen LogP contribution in [0.3, 0.4) is 0 Å². The van der Waals surface area contributed by atoms with Gasteiger partial charge in [-0.1, -0.05) is 69.3 Å². The van der Waals surface area contributed by atoms with Crippen LogP contribution >= 0.6 is 0 Å². The molecular formula is C29H34N6O. The summed E-state index contributed by atoms with van der Waals surface area (Å²) in [5, 5.41) is 5.86. The number of amides is 1. The van der Waals surface area contributed by atoms with E-state index >= 15 is 0 Å². The highest BCUT2D eigenvalue weighted by Gasteiger charge is 2.30. The molecule has 3 heterocycles. The fourth-order valence-corrected chi connectivity index (χ4v) is 4.85. The van der Waals surface area contributed by atoms with E-state index in [1.54, 1.807) is 0 Å². The van der Waals surface area contributed by atoms with Crippen LogP contribution in [0.5, 0.6) is 0 Å². The van der Waals surface area contributed by atoms with Crippen molar-refractivity contribution in [3.8, 4) is 5.69 Å². The topological polar surface area (TPSA) is 67.2 Å². The number of anilines is 1. The molecule has 1 saturated heterocycles. The van der Waals surface area contributed by atoms with Gasteiger partial charge < -0.3 is 9.80 Å². The SMILES string of the molecule is Cc1nn(-c2ccccc2)c2nc(Cc3ccccc3)nc(N3CCCN(C(=O)C(C)(C)C)CC3)c12. The molecule has 2 aromatic heterocycles. The molecule has 186 valence electrons. The lowest BCUT2D eigenvalue weighted by atomic mass is 9.94. The third kappa shape index (κ3) is 4.83. The zero-order valence-corrected chi connectivity index (χ0v) is 21.6. The average molecular weight is 483 g/mol. The first-order valence-corrected chi connectivity index (χ1v) is 12.7. The van der Waals surface area contributed by atoms with Gasteiger partial charge in [0, 0.05) is 38.0 Å². The zero-order chi connectivity index (χ0) is 25.3. The molecule has 7 heteroatoms. The molecule has 0 bridgehead atoms. The van der Waals surface area contributed by atoms with Crippen LogP contribution in [0.2, 0.25) is 0 Å². The van der Waals surface area contributed by atoms with Gasteiger partial charge in [-0.2, -0.15) is 5.10 Å². The van der Waals surface area contributed by atoms with Crippen LogP contribution in [-0.2, 0) is 11.2 Å². The molecular weight excluding hydrogens is 448 g/mol. The lowest BCUT2D eigenvalue weighted by Crippen LogP contribution is -2.41. The number of aryl methyl sites for hydroxylation is 1. The fraction of sp³-hybridized carbons (Fsp3) is 0.379. The predicted molar refractivity (Wildman–Crippen MR) is 144 cm³/mol. The van der Waals surface area contributed by atoms with Crippen LogP contribution in [-0.4, -0.2) is 56.7 Å². The lowest BCUT2D eigenvalue weighted by Gasteiger charge is -2.28. The number of aromatic nitrogens is 4. The summed E-state index contributed by atoms with van der Waals surface area (Å²) in [4.78, 5) is 27.4. The quantitative estimate of drug-likeness (QED) is 0.418. The van der Waals surface area contributed by atoms with Gasteiger partial charge in [-0.05, 0) is 31.0 Å². The second-order valence-electron chi connectivity index (χ2n) is 10.5. The molecule has 5 rings (SSSR count). The average Bonchev–Trinajstić information content (AvgIpc) is 3.04. The number of para-hydroxylation sites is 1. The zero-order valence-electron chi connectivity index (χ0n) is 21.6. The molecule has 0 saturated carbocycles. The maximum Gasteiger partial charge on any atom is 0.228 e. The predicted octanol–water partition coefficient (Wildman–Crippen LogP) is 4.80. The van der Waals surface area contributed by atoms with E-state index in [4.69, 9.17) is 15.1 Å². The molecule has 0 atom stereocenters. The molecule has 1 aliphatic heterocycles. The van der Waals surface area contributed by atoms with E-state index in [0.29, 0.717) is 13.0 Å². The first kappa shape index (κ1) is 24.0. The van der Waals surface area contributed by atoms with Crippen LogP contribution in [0.1, 0.15) is 44.3 Å². The van der Waals surface area contributed by atoms with Crippen molar-refractivity contribution in [3.05, 3.63) is 77.7 Å². The van der Waals surface area contributed by atoms with E-state index in [2.05, 4.69) is 17.0 Å². The van der Waals surface area contributed by atoms with E-state index in [1.807, 2.05) is 85.8 Å². The molecule has 2 aromatic carbocycles. The third-order valence-corrected chi connectivity index (χ3v) is 6.66. The third-order valence-electron chi connectivity index (χ3n) is 6.66. The second kappa shape index (κ2) is 9.72. The van der Waals surface area contributed by atoms with E-state index < -0.39 is 0 Å². The summed E-state index contributed by atoms with van der Waals surface area (Å²) in [5.41, 5.74) is 3.49. The monoisotopic (exact) mass is 482 g/mol. The largest absolute Gasteiger partial charge is 0.354 e. The molecule has 0 unspecified atom stereocenters. The maximum absolute atomic E-state index is 13.0. The summed E-state index contributed by atoms with van der Waals surface area (Å²) in [7, 11) is 0. The highest BCUT2D eigenvalue weighted by molar-refractivity contribution is 5.91. The molecule has 0 aliphatic carbocycles. The molecule has 1 aliphatic rings. The van der Waals surface area contributed by atoms with E-state index in [9.17, 15) is 4.79 Å². The first-order valence-electron chi connectivity index (χ1n) is 12.7. The number of benzene rings is 2. The summed E-state index contributed by atoms with van der Waals surface area (Å²) in [6, 6.07) is 20.5. The minimum absolute atomic E-state index is 0.204. The van der Waals surface area contributed by atoms with Gasteiger partial charge in [0.15, 0.2) is 5.65 Å². The van der Waals surface area contributed by atoms with Gasteiger partial charge >= 0.3 is 0 Å². The second-order valence-corrected chi connectivity index (χ2v) is 10.5. The Morgan fingerprint density at radius 1 is 0.889 bits per heavy atom. The van der Waals surface area contributed by atoms with Gasteiger partial charge in [-0.3, -0.25) is 4.79 Å². The summed E-state index contributed by atoms with van der Waals surface area (Å²) in [6.07, 6.45) is 1.54. The Balaban J connectivity index is 1.58. The van der Waals surface area contributed by atoms with Gasteiger partial charge in [0.05, 0.1) is 16.8 Å². The highest BCUT2D eigenvalue weighted by atomic mass is 16.2. The number of carbonyl (C=O) groups is 1. The Morgan fingerprint density at radius 3 is 2.28 bits per heavy atom. The van der Waals surface area contributed by atoms with Crippen molar-refractivity contribution in [1.82, 2.24) is 24.6 Å². The van der Waals surface area contributed by atoms with Gasteiger partial charge in [0.2, 0.25) is 5.91 Å². The number of carbonyl (C=O) groups excluding carboxylic acids is 1. The van der Waals surface area contributed by atoms with Crippen LogP contribution in [0.15, 0.2) is 60.7 Å². The number of nitrogens with zero attached hydrogens (tertiary/aromatic N) is 6. The summed E-state index contributed by atoms with van der Waals surface area (Å²) < 4.78 is 1.93. The molecule has 0 spiro atoms. The minimum Gasteiger partial charge on any atom is -0.354 e. The molecule has 4 aromatic rings. The Hall–Kier alpha value is -3.74. The van der Waals surface area contributed by atoms with Crippen molar-refractivity contribution in [2.24, 2.45) is 5.41 Å². The van der Waals surface area contributed by atoms with Gasteiger partial charge in [0.25, 0.3) is 0 Å². The highest BCUT2D eigenvalue weighted by Crippen LogP contribution is 2.30. The first-order chi connectivity index (χ1) is 17.3. The van der Waals surface area contributed by atoms with Crippen LogP contribution in [0.25, 0.3) is 16.7 Å². The summed E-state index contributed by atoms with van der Waals surface area (Å²) in [6.45, 7) is 11.0. The van der Waals surface area contributed by atoms with Crippen LogP contribution in [0, 0.1) is 12.3 Å². The lowest BCUT2D eigenvalue weighted by molar-refractivity contribution is -0.139. The van der Waals surface area contributed by atoms with E-state index in [-0.39, 0.29) is 11.3 Å². The fourth-order valence-electron chi connectivity index (χ4n) is 4.85. The van der Waals surface area contributed by atoms with Crippen molar-refractivity contribution in [2.45, 2.75) is 40.5 Å². The molecule has 1 fully saturated rings. The van der Waals surface area contributed by atoms with Crippen molar-refractivity contribution in [1.29, 1.82) is 0 Å². The van der Waals surface area contributed by atoms with Crippen molar-refractivity contribution >= 4 is 22.8 Å². The maximum atomic E-state index is 13.0. The number of hydrogen-bond donors (Lipinski definition) is 0. The van der Waals surface area contributed by atoms with Crippen molar-refractivity contribution in [3.63, 3.8) is 0 Å². The number of rotatable bonds is 4. The molecule has 0 radical (unpaired) electrons.